The van der Waals surface area contributed by atoms with E-state index in [-0.39, 0.29) is 29.7 Å². The number of nitrogens with one attached hydrogen (secondary N) is 3. The fraction of sp³-hybridized carbons (Fsp3) is 0.231. The van der Waals surface area contributed by atoms with Crippen LogP contribution >= 0.6 is 0 Å². The Hall–Kier alpha value is -4.25. The minimum Gasteiger partial charge on any atom is -0.347 e. The van der Waals surface area contributed by atoms with Crippen molar-refractivity contribution in [1.29, 1.82) is 0 Å². The van der Waals surface area contributed by atoms with Gasteiger partial charge in [0, 0.05) is 53.4 Å². The molecule has 11 heteroatoms. The van der Waals surface area contributed by atoms with Crippen LogP contribution in [0.25, 0.3) is 0 Å². The van der Waals surface area contributed by atoms with Gasteiger partial charge in [-0.25, -0.2) is 8.42 Å². The van der Waals surface area contributed by atoms with Crippen LogP contribution in [0.4, 0.5) is 11.4 Å². The largest absolute Gasteiger partial charge is 0.347 e. The quantitative estimate of drug-likeness (QED) is 0.473. The van der Waals surface area contributed by atoms with Crippen LogP contribution in [-0.2, 0) is 10.0 Å². The second-order valence-corrected chi connectivity index (χ2v) is 11.0. The van der Waals surface area contributed by atoms with E-state index < -0.39 is 10.0 Å². The second-order valence-electron chi connectivity index (χ2n) is 9.24. The average molecular weight is 520 g/mol. The van der Waals surface area contributed by atoms with Crippen molar-refractivity contribution in [3.05, 3.63) is 88.7 Å². The fourth-order valence-electron chi connectivity index (χ4n) is 4.81. The maximum atomic E-state index is 13.2. The highest BCUT2D eigenvalue weighted by Gasteiger charge is 2.42. The number of nitrogens with zero attached hydrogens (tertiary/aromatic N) is 2. The Bertz CT molecular complexity index is 1520. The molecule has 1 saturated heterocycles. The molecule has 0 bridgehead atoms. The molecule has 3 heterocycles. The summed E-state index contributed by atoms with van der Waals surface area (Å²) in [6, 6.07) is 14.4. The van der Waals surface area contributed by atoms with Crippen LogP contribution in [0.3, 0.4) is 0 Å². The van der Waals surface area contributed by atoms with Gasteiger partial charge >= 0.3 is 0 Å². The molecule has 2 aliphatic heterocycles. The van der Waals surface area contributed by atoms with E-state index in [4.69, 9.17) is 0 Å². The van der Waals surface area contributed by atoms with Crippen LogP contribution in [0, 0.1) is 6.92 Å². The maximum absolute atomic E-state index is 13.2. The van der Waals surface area contributed by atoms with Crippen LogP contribution in [0.1, 0.15) is 48.2 Å². The molecule has 10 nitrogen and oxygen atoms in total. The number of pyridine rings is 1. The molecule has 3 aromatic rings. The third kappa shape index (κ3) is 5.03. The van der Waals surface area contributed by atoms with Gasteiger partial charge in [0.25, 0.3) is 17.7 Å². The third-order valence-electron chi connectivity index (χ3n) is 6.56. The van der Waals surface area contributed by atoms with E-state index >= 15 is 0 Å². The number of sulfonamides is 1. The fourth-order valence-corrected chi connectivity index (χ4v) is 5.38. The average Bonchev–Trinajstić information content (AvgIpc) is 3.28. The molecule has 2 aliphatic rings. The van der Waals surface area contributed by atoms with Gasteiger partial charge in [0.15, 0.2) is 0 Å². The molecule has 2 unspecified atom stereocenters. The smallest absolute Gasteiger partial charge is 0.255 e. The van der Waals surface area contributed by atoms with Gasteiger partial charge in [-0.1, -0.05) is 0 Å². The molecule has 2 atom stereocenters. The molecule has 0 radical (unpaired) electrons. The van der Waals surface area contributed by atoms with E-state index in [1.807, 2.05) is 0 Å². The highest BCUT2D eigenvalue weighted by molar-refractivity contribution is 7.92. The summed E-state index contributed by atoms with van der Waals surface area (Å²) in [7, 11) is -3.40. The summed E-state index contributed by atoms with van der Waals surface area (Å²) in [5, 5.41) is 5.79. The number of hydrogen-bond donors (Lipinski definition) is 3. The normalized spacial score (nSPS) is 18.4. The molecule has 37 heavy (non-hydrogen) atoms. The Morgan fingerprint density at radius 2 is 1.78 bits per heavy atom. The number of carbonyl (C=O) groups is 3. The molecule has 3 amide bonds. The Morgan fingerprint density at radius 1 is 1.05 bits per heavy atom. The van der Waals surface area contributed by atoms with E-state index in [0.29, 0.717) is 46.8 Å². The van der Waals surface area contributed by atoms with Crippen LogP contribution in [0.15, 0.2) is 60.8 Å². The van der Waals surface area contributed by atoms with Crippen molar-refractivity contribution < 1.29 is 22.8 Å². The summed E-state index contributed by atoms with van der Waals surface area (Å²) in [6.45, 7) is 2.56. The van der Waals surface area contributed by atoms with Gasteiger partial charge in [0.2, 0.25) is 10.0 Å². The van der Waals surface area contributed by atoms with Crippen LogP contribution in [0.5, 0.6) is 0 Å². The number of fused-ring (bicyclic) bond motifs is 3. The minimum atomic E-state index is -3.40. The van der Waals surface area contributed by atoms with E-state index in [0.717, 1.165) is 11.8 Å². The second kappa shape index (κ2) is 9.32. The van der Waals surface area contributed by atoms with Gasteiger partial charge in [-0.3, -0.25) is 24.1 Å². The van der Waals surface area contributed by atoms with Gasteiger partial charge in [-0.2, -0.15) is 0 Å². The molecule has 2 aromatic carbocycles. The standard InChI is InChI=1S/C26H25N5O5S/c1-15-19(4-3-11-27-15)26(34)31-13-22-21-12-16(5-10-20(21)25(33)29-23(22)14-31)24(32)28-17-6-8-18(9-7-17)30-37(2,35)36/h3-12,22-23,30H,13-14H2,1-2H3,(H,28,32)(H,29,33). The van der Waals surface area contributed by atoms with Crippen molar-refractivity contribution in [3.63, 3.8) is 0 Å². The molecule has 0 spiro atoms. The third-order valence-corrected chi connectivity index (χ3v) is 7.17. The van der Waals surface area contributed by atoms with Crippen molar-refractivity contribution in [2.45, 2.75) is 18.9 Å². The van der Waals surface area contributed by atoms with E-state index in [1.54, 1.807) is 72.6 Å². The number of aromatic nitrogens is 1. The van der Waals surface area contributed by atoms with Crippen molar-refractivity contribution in [1.82, 2.24) is 15.2 Å². The van der Waals surface area contributed by atoms with Gasteiger partial charge < -0.3 is 15.5 Å². The van der Waals surface area contributed by atoms with Crippen molar-refractivity contribution in [2.24, 2.45) is 0 Å². The topological polar surface area (TPSA) is 138 Å². The Morgan fingerprint density at radius 3 is 2.49 bits per heavy atom. The Balaban J connectivity index is 1.35. The van der Waals surface area contributed by atoms with Gasteiger partial charge in [0.1, 0.15) is 0 Å². The number of hydrogen-bond acceptors (Lipinski definition) is 6. The van der Waals surface area contributed by atoms with Crippen LogP contribution in [-0.4, -0.2) is 61.4 Å². The first-order chi connectivity index (χ1) is 17.6. The predicted molar refractivity (Wildman–Crippen MR) is 138 cm³/mol. The van der Waals surface area contributed by atoms with Gasteiger partial charge in [-0.05, 0) is 67.1 Å². The zero-order chi connectivity index (χ0) is 26.3. The van der Waals surface area contributed by atoms with Crippen molar-refractivity contribution in [2.75, 3.05) is 29.4 Å². The van der Waals surface area contributed by atoms with Crippen LogP contribution < -0.4 is 15.4 Å². The number of likely N-dealkylation sites (tertiary alicyclic amines) is 1. The molecular weight excluding hydrogens is 494 g/mol. The zero-order valence-electron chi connectivity index (χ0n) is 20.2. The lowest BCUT2D eigenvalue weighted by Crippen LogP contribution is -2.44. The predicted octanol–water partition coefficient (Wildman–Crippen LogP) is 2.37. The number of amides is 3. The summed E-state index contributed by atoms with van der Waals surface area (Å²) in [5.41, 5.74) is 3.63. The number of rotatable bonds is 5. The summed E-state index contributed by atoms with van der Waals surface area (Å²) in [5.74, 6) is -0.892. The molecule has 0 saturated carbocycles. The number of anilines is 2. The number of carbonyl (C=O) groups excluding carboxylic acids is 3. The highest BCUT2D eigenvalue weighted by Crippen LogP contribution is 2.35. The lowest BCUT2D eigenvalue weighted by atomic mass is 9.85. The zero-order valence-corrected chi connectivity index (χ0v) is 21.0. The first kappa shape index (κ1) is 24.4. The van der Waals surface area contributed by atoms with E-state index in [2.05, 4.69) is 20.3 Å². The Kier molecular flexibility index (Phi) is 6.16. The first-order valence-electron chi connectivity index (χ1n) is 11.6. The molecule has 190 valence electrons. The van der Waals surface area contributed by atoms with Crippen molar-refractivity contribution in [3.8, 4) is 0 Å². The molecule has 3 N–H and O–H groups in total. The summed E-state index contributed by atoms with van der Waals surface area (Å²) >= 11 is 0. The Labute approximate surface area is 214 Å². The SMILES string of the molecule is Cc1ncccc1C(=O)N1CC2NC(=O)c3ccc(C(=O)Nc4ccc(NS(C)(=O)=O)cc4)cc3C2C1. The molecular formula is C26H25N5O5S. The lowest BCUT2D eigenvalue weighted by Gasteiger charge is -2.28. The highest BCUT2D eigenvalue weighted by atomic mass is 32.2. The summed E-state index contributed by atoms with van der Waals surface area (Å²) in [4.78, 5) is 44.8. The molecule has 0 aliphatic carbocycles. The maximum Gasteiger partial charge on any atom is 0.255 e. The lowest BCUT2D eigenvalue weighted by molar-refractivity contribution is 0.0782. The molecule has 5 rings (SSSR count). The first-order valence-corrected chi connectivity index (χ1v) is 13.5. The summed E-state index contributed by atoms with van der Waals surface area (Å²) < 4.78 is 25.1. The minimum absolute atomic E-state index is 0.140. The summed E-state index contributed by atoms with van der Waals surface area (Å²) in [6.07, 6.45) is 2.70. The number of benzene rings is 2. The van der Waals surface area contributed by atoms with E-state index in [1.165, 1.54) is 0 Å². The van der Waals surface area contributed by atoms with Gasteiger partial charge in [-0.15, -0.1) is 0 Å². The molecule has 1 fully saturated rings. The monoisotopic (exact) mass is 519 g/mol. The molecule has 1 aromatic heterocycles. The van der Waals surface area contributed by atoms with Gasteiger partial charge in [0.05, 0.1) is 17.9 Å². The number of aryl methyl sites for hydroxylation is 1. The van der Waals surface area contributed by atoms with Crippen molar-refractivity contribution >= 4 is 39.1 Å². The van der Waals surface area contributed by atoms with E-state index in [9.17, 15) is 22.8 Å². The van der Waals surface area contributed by atoms with Crippen LogP contribution in [0.2, 0.25) is 0 Å².